The zero-order valence-electron chi connectivity index (χ0n) is 12.0. The first-order valence-electron chi connectivity index (χ1n) is 6.66. The molecule has 2 aromatic rings. The molecule has 1 fully saturated rings. The topological polar surface area (TPSA) is 134 Å². The Balaban J connectivity index is 2.01. The van der Waals surface area contributed by atoms with Crippen LogP contribution in [0.5, 0.6) is 5.88 Å². The third-order valence-electron chi connectivity index (χ3n) is 3.63. The molecule has 1 aliphatic heterocycles. The van der Waals surface area contributed by atoms with Gasteiger partial charge in [-0.1, -0.05) is 0 Å². The number of fused-ring (bicyclic) bond motifs is 1. The van der Waals surface area contributed by atoms with Crippen molar-refractivity contribution in [1.82, 2.24) is 19.5 Å². The van der Waals surface area contributed by atoms with Gasteiger partial charge in [0.2, 0.25) is 5.88 Å². The zero-order valence-corrected chi connectivity index (χ0v) is 12.0. The molecule has 1 saturated heterocycles. The highest BCUT2D eigenvalue weighted by atomic mass is 16.6. The second-order valence-electron chi connectivity index (χ2n) is 5.34. The van der Waals surface area contributed by atoms with Gasteiger partial charge < -0.3 is 25.2 Å². The van der Waals surface area contributed by atoms with Gasteiger partial charge in [0.25, 0.3) is 0 Å². The summed E-state index contributed by atoms with van der Waals surface area (Å²) in [6, 6.07) is 0. The zero-order chi connectivity index (χ0) is 16.0. The van der Waals surface area contributed by atoms with E-state index in [0.717, 1.165) is 6.33 Å². The lowest BCUT2D eigenvalue weighted by atomic mass is 10.1. The molecule has 0 aliphatic carbocycles. The first kappa shape index (κ1) is 14.7. The molecule has 9 heteroatoms. The summed E-state index contributed by atoms with van der Waals surface area (Å²) in [7, 11) is 0. The van der Waals surface area contributed by atoms with E-state index in [1.807, 2.05) is 0 Å². The maximum absolute atomic E-state index is 10.2. The number of imidazole rings is 1. The van der Waals surface area contributed by atoms with Gasteiger partial charge in [-0.15, -0.1) is 0 Å². The SMILES string of the molecule is CC(C)=C(O)[C@H]1O[C@@H](n2cnc3c(O)ncnc32)[C@H](O)[C@@H]1O. The fourth-order valence-electron chi connectivity index (χ4n) is 2.43. The van der Waals surface area contributed by atoms with Gasteiger partial charge in [0, 0.05) is 0 Å². The van der Waals surface area contributed by atoms with Crippen molar-refractivity contribution < 1.29 is 25.2 Å². The Morgan fingerprint density at radius 2 is 1.91 bits per heavy atom. The molecule has 2 aromatic heterocycles. The Labute approximate surface area is 125 Å². The largest absolute Gasteiger partial charge is 0.510 e. The van der Waals surface area contributed by atoms with Crippen molar-refractivity contribution in [2.24, 2.45) is 0 Å². The number of rotatable bonds is 2. The van der Waals surface area contributed by atoms with Crippen LogP contribution in [0, 0.1) is 0 Å². The lowest BCUT2D eigenvalue weighted by molar-refractivity contribution is -0.0345. The number of aliphatic hydroxyl groups is 3. The highest BCUT2D eigenvalue weighted by Crippen LogP contribution is 2.35. The van der Waals surface area contributed by atoms with Crippen LogP contribution in [-0.2, 0) is 4.74 Å². The monoisotopic (exact) mass is 308 g/mol. The molecule has 0 unspecified atom stereocenters. The molecule has 0 bridgehead atoms. The van der Waals surface area contributed by atoms with Crippen molar-refractivity contribution >= 4 is 11.2 Å². The number of aromatic nitrogens is 4. The van der Waals surface area contributed by atoms with Crippen LogP contribution in [0.2, 0.25) is 0 Å². The van der Waals surface area contributed by atoms with Gasteiger partial charge >= 0.3 is 0 Å². The van der Waals surface area contributed by atoms with E-state index in [-0.39, 0.29) is 22.8 Å². The normalized spacial score (nSPS) is 28.2. The van der Waals surface area contributed by atoms with Crippen molar-refractivity contribution in [1.29, 1.82) is 0 Å². The fourth-order valence-corrected chi connectivity index (χ4v) is 2.43. The third-order valence-corrected chi connectivity index (χ3v) is 3.63. The molecule has 0 aromatic carbocycles. The second kappa shape index (κ2) is 5.20. The first-order valence-corrected chi connectivity index (χ1v) is 6.66. The summed E-state index contributed by atoms with van der Waals surface area (Å²) in [5.74, 6) is -0.420. The van der Waals surface area contributed by atoms with Crippen LogP contribution in [0.15, 0.2) is 24.0 Å². The van der Waals surface area contributed by atoms with Crippen molar-refractivity contribution in [3.8, 4) is 5.88 Å². The fraction of sp³-hybridized carbons (Fsp3) is 0.462. The van der Waals surface area contributed by atoms with Crippen LogP contribution in [0.4, 0.5) is 0 Å². The van der Waals surface area contributed by atoms with Gasteiger partial charge in [0.1, 0.15) is 30.4 Å². The number of ether oxygens (including phenoxy) is 1. The van der Waals surface area contributed by atoms with E-state index in [4.69, 9.17) is 4.74 Å². The van der Waals surface area contributed by atoms with Crippen molar-refractivity contribution in [2.45, 2.75) is 38.4 Å². The van der Waals surface area contributed by atoms with Gasteiger partial charge in [0.05, 0.1) is 6.33 Å². The minimum Gasteiger partial charge on any atom is -0.510 e. The van der Waals surface area contributed by atoms with Crippen LogP contribution in [0.1, 0.15) is 20.1 Å². The summed E-state index contributed by atoms with van der Waals surface area (Å²) < 4.78 is 6.95. The Kier molecular flexibility index (Phi) is 3.47. The number of hydrogen-bond donors (Lipinski definition) is 4. The van der Waals surface area contributed by atoms with Gasteiger partial charge in [-0.05, 0) is 19.4 Å². The molecule has 22 heavy (non-hydrogen) atoms. The Hall–Kier alpha value is -2.23. The minimum absolute atomic E-state index is 0.129. The predicted molar refractivity (Wildman–Crippen MR) is 73.9 cm³/mol. The predicted octanol–water partition coefficient (Wildman–Crippen LogP) is 0.00300. The quantitative estimate of drug-likeness (QED) is 0.570. The molecule has 4 N–H and O–H groups in total. The molecule has 0 amide bonds. The van der Waals surface area contributed by atoms with Crippen LogP contribution < -0.4 is 0 Å². The Morgan fingerprint density at radius 3 is 2.59 bits per heavy atom. The van der Waals surface area contributed by atoms with E-state index in [2.05, 4.69) is 15.0 Å². The van der Waals surface area contributed by atoms with E-state index < -0.39 is 24.5 Å². The van der Waals surface area contributed by atoms with Gasteiger partial charge in [0.15, 0.2) is 17.4 Å². The number of aliphatic hydroxyl groups excluding tert-OH is 3. The van der Waals surface area contributed by atoms with Crippen molar-refractivity contribution in [2.75, 3.05) is 0 Å². The summed E-state index contributed by atoms with van der Waals surface area (Å²) in [4.78, 5) is 11.6. The summed E-state index contributed by atoms with van der Waals surface area (Å²) in [6.45, 7) is 3.34. The summed E-state index contributed by atoms with van der Waals surface area (Å²) in [5, 5.41) is 39.9. The lowest BCUT2D eigenvalue weighted by Crippen LogP contribution is -2.32. The summed E-state index contributed by atoms with van der Waals surface area (Å²) >= 11 is 0. The minimum atomic E-state index is -1.30. The highest BCUT2D eigenvalue weighted by molar-refractivity contribution is 5.75. The molecule has 4 atom stereocenters. The van der Waals surface area contributed by atoms with Crippen LogP contribution in [-0.4, -0.2) is 58.3 Å². The van der Waals surface area contributed by atoms with Crippen LogP contribution in [0.3, 0.4) is 0 Å². The third kappa shape index (κ3) is 2.10. The number of hydrogen-bond acceptors (Lipinski definition) is 8. The molecule has 3 heterocycles. The van der Waals surface area contributed by atoms with Crippen LogP contribution >= 0.6 is 0 Å². The smallest absolute Gasteiger partial charge is 0.242 e. The molecule has 1 aliphatic rings. The maximum atomic E-state index is 10.2. The van der Waals surface area contributed by atoms with E-state index in [9.17, 15) is 20.4 Å². The maximum Gasteiger partial charge on any atom is 0.242 e. The highest BCUT2D eigenvalue weighted by Gasteiger charge is 2.46. The van der Waals surface area contributed by atoms with E-state index in [1.165, 1.54) is 10.9 Å². The summed E-state index contributed by atoms with van der Waals surface area (Å²) in [6.07, 6.45) is -2.16. The number of allylic oxidation sites excluding steroid dienone is 1. The number of nitrogens with zero attached hydrogens (tertiary/aromatic N) is 4. The molecule has 0 radical (unpaired) electrons. The average Bonchev–Trinajstić information content (AvgIpc) is 3.02. The molecular formula is C13H16N4O5. The van der Waals surface area contributed by atoms with Gasteiger partial charge in [-0.2, -0.15) is 4.98 Å². The molecule has 9 nitrogen and oxygen atoms in total. The van der Waals surface area contributed by atoms with Gasteiger partial charge in [-0.25, -0.2) is 9.97 Å². The molecule has 3 rings (SSSR count). The molecule has 0 spiro atoms. The lowest BCUT2D eigenvalue weighted by Gasteiger charge is -2.16. The van der Waals surface area contributed by atoms with Crippen LogP contribution in [0.25, 0.3) is 11.2 Å². The standard InChI is InChI=1S/C13H16N4O5/c1-5(2)7(18)10-8(19)9(20)13(22-10)17-4-16-6-11(17)14-3-15-12(6)21/h3-4,8-10,13,18-20H,1-2H3,(H,14,15,21)/t8-,9+,10+,13+/m0/s1. The first-order chi connectivity index (χ1) is 10.4. The Morgan fingerprint density at radius 1 is 1.18 bits per heavy atom. The number of aromatic hydroxyl groups is 1. The summed E-state index contributed by atoms with van der Waals surface area (Å²) in [5.41, 5.74) is 0.983. The second-order valence-corrected chi connectivity index (χ2v) is 5.34. The van der Waals surface area contributed by atoms with Gasteiger partial charge in [-0.3, -0.25) is 4.57 Å². The average molecular weight is 308 g/mol. The molecule has 118 valence electrons. The molecule has 0 saturated carbocycles. The molecular weight excluding hydrogens is 292 g/mol. The Bertz CT molecular complexity index is 739. The van der Waals surface area contributed by atoms with Crippen molar-refractivity contribution in [3.63, 3.8) is 0 Å². The van der Waals surface area contributed by atoms with E-state index in [1.54, 1.807) is 13.8 Å². The van der Waals surface area contributed by atoms with E-state index in [0.29, 0.717) is 5.57 Å². The van der Waals surface area contributed by atoms with E-state index >= 15 is 0 Å². The van der Waals surface area contributed by atoms with Crippen molar-refractivity contribution in [3.05, 3.63) is 24.0 Å².